The fourth-order valence-corrected chi connectivity index (χ4v) is 4.96. The van der Waals surface area contributed by atoms with E-state index >= 15 is 0 Å². The maximum Gasteiger partial charge on any atom is 0.234 e. The molecule has 0 unspecified atom stereocenters. The van der Waals surface area contributed by atoms with E-state index in [1.54, 1.807) is 0 Å². The van der Waals surface area contributed by atoms with Crippen LogP contribution in [-0.2, 0) is 11.2 Å². The van der Waals surface area contributed by atoms with Gasteiger partial charge >= 0.3 is 0 Å². The zero-order valence-corrected chi connectivity index (χ0v) is 20.2. The smallest absolute Gasteiger partial charge is 0.234 e. The van der Waals surface area contributed by atoms with Crippen LogP contribution in [0.3, 0.4) is 0 Å². The van der Waals surface area contributed by atoms with Crippen LogP contribution in [0.5, 0.6) is 11.6 Å². The molecule has 5 rings (SSSR count). The molecule has 1 N–H and O–H groups in total. The molecule has 1 aliphatic rings. The van der Waals surface area contributed by atoms with Crippen molar-refractivity contribution in [2.45, 2.75) is 32.2 Å². The number of ether oxygens (including phenoxy) is 1. The summed E-state index contributed by atoms with van der Waals surface area (Å²) in [6.07, 6.45) is 0.669. The maximum absolute atomic E-state index is 12.8. The number of fused-ring (bicyclic) bond motifs is 2. The molecule has 170 valence electrons. The molecular weight excluding hydrogens is 442 g/mol. The molecule has 0 atom stereocenters. The number of hydrogen-bond donors (Lipinski definition) is 1. The number of amides is 1. The van der Waals surface area contributed by atoms with Crippen LogP contribution >= 0.6 is 11.8 Å². The normalized spacial score (nSPS) is 11.9. The minimum absolute atomic E-state index is 0.0726. The maximum atomic E-state index is 12.8. The van der Waals surface area contributed by atoms with Gasteiger partial charge in [0, 0.05) is 17.7 Å². The largest absolute Gasteiger partial charge is 0.438 e. The Morgan fingerprint density at radius 2 is 1.71 bits per heavy atom. The van der Waals surface area contributed by atoms with Crippen LogP contribution in [-0.4, -0.2) is 21.6 Å². The predicted molar refractivity (Wildman–Crippen MR) is 137 cm³/mol. The molecule has 1 aromatic heterocycles. The topological polar surface area (TPSA) is 64.1 Å². The van der Waals surface area contributed by atoms with Gasteiger partial charge in [-0.15, -0.1) is 0 Å². The molecule has 0 bridgehead atoms. The highest BCUT2D eigenvalue weighted by atomic mass is 32.2. The number of carbonyl (C=O) groups is 1. The predicted octanol–water partition coefficient (Wildman–Crippen LogP) is 6.50. The number of hydrogen-bond acceptors (Lipinski definition) is 5. The number of nitrogens with zero attached hydrogens (tertiary/aromatic N) is 2. The first-order valence-electron chi connectivity index (χ1n) is 11.2. The van der Waals surface area contributed by atoms with E-state index in [-0.39, 0.29) is 11.7 Å². The van der Waals surface area contributed by atoms with Crippen molar-refractivity contribution in [3.05, 3.63) is 94.5 Å². The molecule has 1 amide bonds. The monoisotopic (exact) mass is 467 g/mol. The Labute approximate surface area is 203 Å². The summed E-state index contributed by atoms with van der Waals surface area (Å²) < 4.78 is 6.20. The van der Waals surface area contributed by atoms with Crippen molar-refractivity contribution in [1.82, 2.24) is 9.97 Å². The van der Waals surface area contributed by atoms with Crippen LogP contribution < -0.4 is 10.1 Å². The van der Waals surface area contributed by atoms with Crippen LogP contribution in [0.15, 0.2) is 71.8 Å². The second-order valence-electron chi connectivity index (χ2n) is 8.61. The molecule has 0 saturated carbocycles. The zero-order valence-electron chi connectivity index (χ0n) is 19.4. The first kappa shape index (κ1) is 22.2. The molecule has 0 fully saturated rings. The third-order valence-corrected chi connectivity index (χ3v) is 6.62. The van der Waals surface area contributed by atoms with Gasteiger partial charge in [-0.25, -0.2) is 4.98 Å². The van der Waals surface area contributed by atoms with Gasteiger partial charge < -0.3 is 10.1 Å². The molecule has 5 nitrogen and oxygen atoms in total. The summed E-state index contributed by atoms with van der Waals surface area (Å²) in [6, 6.07) is 22.0. The van der Waals surface area contributed by atoms with Gasteiger partial charge in [-0.05, 0) is 55.7 Å². The van der Waals surface area contributed by atoms with Gasteiger partial charge in [0.2, 0.25) is 11.8 Å². The molecular formula is C28H25N3O2S. The molecule has 4 aromatic rings. The Morgan fingerprint density at radius 1 is 0.941 bits per heavy atom. The number of anilines is 1. The van der Waals surface area contributed by atoms with Crippen molar-refractivity contribution in [3.8, 4) is 23.0 Å². The Kier molecular flexibility index (Phi) is 6.07. The average molecular weight is 468 g/mol. The number of carbonyl (C=O) groups excluding carboxylic acids is 1. The first-order chi connectivity index (χ1) is 16.4. The zero-order chi connectivity index (χ0) is 23.7. The van der Waals surface area contributed by atoms with Crippen LogP contribution in [0, 0.1) is 20.8 Å². The summed E-state index contributed by atoms with van der Waals surface area (Å²) in [5.74, 6) is 2.14. The lowest BCUT2D eigenvalue weighted by molar-refractivity contribution is -0.113. The van der Waals surface area contributed by atoms with E-state index in [1.165, 1.54) is 17.3 Å². The minimum atomic E-state index is -0.0726. The number of aromatic nitrogens is 2. The van der Waals surface area contributed by atoms with Crippen molar-refractivity contribution >= 4 is 23.4 Å². The summed E-state index contributed by atoms with van der Waals surface area (Å²) in [7, 11) is 0. The number of nitrogens with one attached hydrogen (secondary N) is 1. The van der Waals surface area contributed by atoms with E-state index in [9.17, 15) is 4.79 Å². The van der Waals surface area contributed by atoms with Gasteiger partial charge in [-0.3, -0.25) is 4.79 Å². The molecule has 6 heteroatoms. The molecule has 0 radical (unpaired) electrons. The van der Waals surface area contributed by atoms with Gasteiger partial charge in [-0.1, -0.05) is 65.9 Å². The Morgan fingerprint density at radius 3 is 2.47 bits per heavy atom. The van der Waals surface area contributed by atoms with E-state index < -0.39 is 0 Å². The van der Waals surface area contributed by atoms with Crippen molar-refractivity contribution < 1.29 is 9.53 Å². The van der Waals surface area contributed by atoms with Crippen molar-refractivity contribution in [2.75, 3.05) is 11.1 Å². The molecule has 0 spiro atoms. The average Bonchev–Trinajstić information content (AvgIpc) is 2.81. The number of rotatable bonds is 5. The fraction of sp³-hybridized carbons (Fsp3) is 0.179. The van der Waals surface area contributed by atoms with Gasteiger partial charge in [0.15, 0.2) is 5.82 Å². The van der Waals surface area contributed by atoms with Gasteiger partial charge in [0.25, 0.3) is 0 Å². The van der Waals surface area contributed by atoms with E-state index in [4.69, 9.17) is 14.7 Å². The molecule has 1 aliphatic heterocycles. The van der Waals surface area contributed by atoms with Crippen LogP contribution in [0.25, 0.3) is 11.4 Å². The van der Waals surface area contributed by atoms with Gasteiger partial charge in [-0.2, -0.15) is 4.98 Å². The molecule has 2 heterocycles. The van der Waals surface area contributed by atoms with Crippen molar-refractivity contribution in [1.29, 1.82) is 0 Å². The highest BCUT2D eigenvalue weighted by Crippen LogP contribution is 2.40. The lowest BCUT2D eigenvalue weighted by Crippen LogP contribution is -2.15. The summed E-state index contributed by atoms with van der Waals surface area (Å²) >= 11 is 1.42. The van der Waals surface area contributed by atoms with E-state index in [2.05, 4.69) is 24.4 Å². The second-order valence-corrected chi connectivity index (χ2v) is 9.57. The van der Waals surface area contributed by atoms with Crippen molar-refractivity contribution in [2.24, 2.45) is 0 Å². The van der Waals surface area contributed by atoms with Gasteiger partial charge in [0.1, 0.15) is 10.8 Å². The lowest BCUT2D eigenvalue weighted by atomic mass is 10.0. The molecule has 3 aromatic carbocycles. The lowest BCUT2D eigenvalue weighted by Gasteiger charge is -2.22. The second kappa shape index (κ2) is 9.31. The summed E-state index contributed by atoms with van der Waals surface area (Å²) in [5.41, 5.74) is 7.15. The fourth-order valence-electron chi connectivity index (χ4n) is 4.13. The molecule has 34 heavy (non-hydrogen) atoms. The van der Waals surface area contributed by atoms with Crippen LogP contribution in [0.4, 0.5) is 5.69 Å². The number of benzene rings is 3. The van der Waals surface area contributed by atoms with E-state index in [0.717, 1.165) is 44.3 Å². The Balaban J connectivity index is 1.44. The number of aryl methyl sites for hydroxylation is 3. The Bertz CT molecular complexity index is 1370. The van der Waals surface area contributed by atoms with Crippen LogP contribution in [0.1, 0.15) is 27.8 Å². The third-order valence-electron chi connectivity index (χ3n) is 5.60. The first-order valence-corrected chi connectivity index (χ1v) is 12.2. The van der Waals surface area contributed by atoms with E-state index in [0.29, 0.717) is 18.1 Å². The van der Waals surface area contributed by atoms with Gasteiger partial charge in [0.05, 0.1) is 11.3 Å². The quantitative estimate of drug-likeness (QED) is 0.236. The third kappa shape index (κ3) is 4.82. The summed E-state index contributed by atoms with van der Waals surface area (Å²) in [4.78, 5) is 22.4. The standard InChI is InChI=1S/C28H25N3O2S/c1-17-9-10-24-21(12-17)15-23-27(33-24)30-26(20-7-5-4-6-8-20)31-28(23)34-16-25(32)29-22-13-18(2)11-19(3)14-22/h4-14H,15-16H2,1-3H3,(H,29,32). The van der Waals surface area contributed by atoms with E-state index in [1.807, 2.05) is 68.4 Å². The van der Waals surface area contributed by atoms with Crippen molar-refractivity contribution in [3.63, 3.8) is 0 Å². The Hall–Kier alpha value is -3.64. The summed E-state index contributed by atoms with van der Waals surface area (Å²) in [6.45, 7) is 6.11. The highest BCUT2D eigenvalue weighted by molar-refractivity contribution is 8.00. The SMILES string of the molecule is Cc1cc(C)cc(NC(=O)CSc2nc(-c3ccccc3)nc3c2Cc2cc(C)ccc2O3)c1. The molecule has 0 aliphatic carbocycles. The minimum Gasteiger partial charge on any atom is -0.438 e. The van der Waals surface area contributed by atoms with Crippen LogP contribution in [0.2, 0.25) is 0 Å². The highest BCUT2D eigenvalue weighted by Gasteiger charge is 2.24. The number of thioether (sulfide) groups is 1. The summed E-state index contributed by atoms with van der Waals surface area (Å²) in [5, 5.41) is 3.78. The molecule has 0 saturated heterocycles.